The molecule has 0 radical (unpaired) electrons. The number of nitrogens with zero attached hydrogens (tertiary/aromatic N) is 1. The largest absolute Gasteiger partial charge is 0.378 e. The van der Waals surface area contributed by atoms with Gasteiger partial charge in [0.2, 0.25) is 0 Å². The Bertz CT molecular complexity index is 666. The first kappa shape index (κ1) is 15.8. The Morgan fingerprint density at radius 3 is 2.22 bits per heavy atom. The molecule has 0 amide bonds. The molecule has 0 unspecified atom stereocenters. The van der Waals surface area contributed by atoms with Crippen LogP contribution in [0.25, 0.3) is 11.1 Å². The van der Waals surface area contributed by atoms with Gasteiger partial charge in [0, 0.05) is 31.3 Å². The Kier molecular flexibility index (Phi) is 4.80. The fraction of sp³-hybridized carbons (Fsp3) is 0.381. The Morgan fingerprint density at radius 1 is 0.913 bits per heavy atom. The van der Waals surface area contributed by atoms with Gasteiger partial charge in [-0.05, 0) is 36.1 Å². The maximum atomic E-state index is 13.0. The first-order chi connectivity index (χ1) is 11.2. The van der Waals surface area contributed by atoms with Crippen LogP contribution in [0.4, 0.5) is 5.69 Å². The van der Waals surface area contributed by atoms with E-state index in [1.165, 1.54) is 24.9 Å². The molecule has 0 aromatic heterocycles. The van der Waals surface area contributed by atoms with Crippen LogP contribution >= 0.6 is 0 Å². The van der Waals surface area contributed by atoms with E-state index in [2.05, 4.69) is 35.2 Å². The minimum absolute atomic E-state index is 0.214. The maximum absolute atomic E-state index is 13.0. The molecule has 0 heterocycles. The Hall–Kier alpha value is -2.09. The topological polar surface area (TPSA) is 20.3 Å². The molecule has 2 aromatic rings. The van der Waals surface area contributed by atoms with Gasteiger partial charge in [0.1, 0.15) is 0 Å². The minimum Gasteiger partial charge on any atom is -0.378 e. The van der Waals surface area contributed by atoms with E-state index in [1.807, 2.05) is 32.3 Å². The molecule has 3 rings (SSSR count). The molecular formula is C21H25NO. The van der Waals surface area contributed by atoms with E-state index in [4.69, 9.17) is 0 Å². The van der Waals surface area contributed by atoms with Gasteiger partial charge < -0.3 is 4.90 Å². The molecule has 2 nitrogen and oxygen atoms in total. The molecule has 0 N–H and O–H groups in total. The smallest absolute Gasteiger partial charge is 0.166 e. The van der Waals surface area contributed by atoms with Crippen LogP contribution in [0.15, 0.2) is 48.5 Å². The van der Waals surface area contributed by atoms with E-state index in [0.29, 0.717) is 5.78 Å². The van der Waals surface area contributed by atoms with Gasteiger partial charge in [0.25, 0.3) is 0 Å². The predicted molar refractivity (Wildman–Crippen MR) is 97.1 cm³/mol. The normalized spacial score (nSPS) is 15.4. The molecule has 1 aliphatic carbocycles. The second-order valence-electron chi connectivity index (χ2n) is 6.69. The summed E-state index contributed by atoms with van der Waals surface area (Å²) in [7, 11) is 4.07. The molecule has 1 fully saturated rings. The number of benzene rings is 2. The van der Waals surface area contributed by atoms with Gasteiger partial charge in [-0.2, -0.15) is 0 Å². The van der Waals surface area contributed by atoms with E-state index in [-0.39, 0.29) is 5.92 Å². The van der Waals surface area contributed by atoms with Crippen LogP contribution in [-0.4, -0.2) is 19.9 Å². The van der Waals surface area contributed by atoms with Crippen molar-refractivity contribution < 1.29 is 4.79 Å². The lowest BCUT2D eigenvalue weighted by Crippen LogP contribution is -2.18. The molecule has 2 heteroatoms. The number of hydrogen-bond donors (Lipinski definition) is 0. The minimum atomic E-state index is 0.214. The highest BCUT2D eigenvalue weighted by atomic mass is 16.1. The van der Waals surface area contributed by atoms with Crippen LogP contribution in [0.2, 0.25) is 0 Å². The van der Waals surface area contributed by atoms with Crippen molar-refractivity contribution in [2.45, 2.75) is 32.1 Å². The van der Waals surface area contributed by atoms with Gasteiger partial charge in [0.15, 0.2) is 5.78 Å². The van der Waals surface area contributed by atoms with Crippen molar-refractivity contribution in [1.82, 2.24) is 0 Å². The van der Waals surface area contributed by atoms with Gasteiger partial charge in [0.05, 0.1) is 0 Å². The van der Waals surface area contributed by atoms with Gasteiger partial charge in [-0.3, -0.25) is 4.79 Å². The lowest BCUT2D eigenvalue weighted by Gasteiger charge is -2.21. The second kappa shape index (κ2) is 6.99. The number of ketones is 1. The van der Waals surface area contributed by atoms with Crippen molar-refractivity contribution in [2.24, 2.45) is 5.92 Å². The van der Waals surface area contributed by atoms with E-state index in [1.54, 1.807) is 0 Å². The third kappa shape index (κ3) is 3.47. The van der Waals surface area contributed by atoms with Crippen molar-refractivity contribution in [3.8, 4) is 11.1 Å². The van der Waals surface area contributed by atoms with Crippen molar-refractivity contribution in [3.63, 3.8) is 0 Å². The number of anilines is 1. The summed E-state index contributed by atoms with van der Waals surface area (Å²) in [6.45, 7) is 0. The van der Waals surface area contributed by atoms with E-state index in [9.17, 15) is 4.79 Å². The molecule has 0 aliphatic heterocycles. The second-order valence-corrected chi connectivity index (χ2v) is 6.69. The average Bonchev–Trinajstić information content (AvgIpc) is 2.62. The third-order valence-corrected chi connectivity index (χ3v) is 4.86. The molecule has 0 bridgehead atoms. The zero-order valence-corrected chi connectivity index (χ0v) is 14.1. The van der Waals surface area contributed by atoms with Crippen LogP contribution in [0.1, 0.15) is 42.5 Å². The van der Waals surface area contributed by atoms with Crippen molar-refractivity contribution in [2.75, 3.05) is 19.0 Å². The number of carbonyl (C=O) groups is 1. The SMILES string of the molecule is CN(C)c1ccc(-c2ccccc2C(=O)C2CCCCC2)cc1. The first-order valence-corrected chi connectivity index (χ1v) is 8.58. The summed E-state index contributed by atoms with van der Waals surface area (Å²) >= 11 is 0. The highest BCUT2D eigenvalue weighted by molar-refractivity contribution is 6.03. The lowest BCUT2D eigenvalue weighted by atomic mass is 9.82. The molecular weight excluding hydrogens is 282 g/mol. The van der Waals surface area contributed by atoms with Gasteiger partial charge in [-0.1, -0.05) is 55.7 Å². The summed E-state index contributed by atoms with van der Waals surface area (Å²) in [5.41, 5.74) is 4.24. The summed E-state index contributed by atoms with van der Waals surface area (Å²) in [5, 5.41) is 0. The molecule has 1 aliphatic rings. The van der Waals surface area contributed by atoms with Gasteiger partial charge >= 0.3 is 0 Å². The van der Waals surface area contributed by atoms with Crippen LogP contribution in [0.3, 0.4) is 0 Å². The molecule has 0 saturated heterocycles. The molecule has 2 aromatic carbocycles. The molecule has 1 saturated carbocycles. The monoisotopic (exact) mass is 307 g/mol. The molecule has 23 heavy (non-hydrogen) atoms. The van der Waals surface area contributed by atoms with E-state index >= 15 is 0 Å². The summed E-state index contributed by atoms with van der Waals surface area (Å²) in [4.78, 5) is 15.0. The van der Waals surface area contributed by atoms with Crippen LogP contribution in [-0.2, 0) is 0 Å². The van der Waals surface area contributed by atoms with Gasteiger partial charge in [-0.15, -0.1) is 0 Å². The Morgan fingerprint density at radius 2 is 1.57 bits per heavy atom. The number of hydrogen-bond acceptors (Lipinski definition) is 2. The van der Waals surface area contributed by atoms with Gasteiger partial charge in [-0.25, -0.2) is 0 Å². The fourth-order valence-corrected chi connectivity index (χ4v) is 3.47. The Balaban J connectivity index is 1.92. The number of rotatable bonds is 4. The van der Waals surface area contributed by atoms with Crippen molar-refractivity contribution in [1.29, 1.82) is 0 Å². The quantitative estimate of drug-likeness (QED) is 0.725. The standard InChI is InChI=1S/C21H25NO/c1-22(2)18-14-12-16(13-15-18)19-10-6-7-11-20(19)21(23)17-8-4-3-5-9-17/h6-7,10-15,17H,3-5,8-9H2,1-2H3. The summed E-state index contributed by atoms with van der Waals surface area (Å²) < 4.78 is 0. The highest BCUT2D eigenvalue weighted by Gasteiger charge is 2.24. The first-order valence-electron chi connectivity index (χ1n) is 8.58. The molecule has 0 spiro atoms. The number of Topliss-reactive ketones (excluding diaryl/α,β-unsaturated/α-hetero) is 1. The average molecular weight is 307 g/mol. The van der Waals surface area contributed by atoms with Crippen LogP contribution in [0, 0.1) is 5.92 Å². The summed E-state index contributed by atoms with van der Waals surface area (Å²) in [6, 6.07) is 16.5. The van der Waals surface area contributed by atoms with Crippen LogP contribution < -0.4 is 4.90 Å². The van der Waals surface area contributed by atoms with Crippen molar-refractivity contribution in [3.05, 3.63) is 54.1 Å². The number of carbonyl (C=O) groups excluding carboxylic acids is 1. The van der Waals surface area contributed by atoms with E-state index < -0.39 is 0 Å². The molecule has 0 atom stereocenters. The predicted octanol–water partition coefficient (Wildman–Crippen LogP) is 5.18. The fourth-order valence-electron chi connectivity index (χ4n) is 3.47. The summed E-state index contributed by atoms with van der Waals surface area (Å²) in [5.74, 6) is 0.544. The molecule has 120 valence electrons. The Labute approximate surface area is 139 Å². The third-order valence-electron chi connectivity index (χ3n) is 4.86. The van der Waals surface area contributed by atoms with Crippen LogP contribution in [0.5, 0.6) is 0 Å². The zero-order chi connectivity index (χ0) is 16.2. The highest BCUT2D eigenvalue weighted by Crippen LogP contribution is 2.32. The lowest BCUT2D eigenvalue weighted by molar-refractivity contribution is 0.0890. The van der Waals surface area contributed by atoms with E-state index in [0.717, 1.165) is 29.5 Å². The zero-order valence-electron chi connectivity index (χ0n) is 14.1. The maximum Gasteiger partial charge on any atom is 0.166 e. The summed E-state index contributed by atoms with van der Waals surface area (Å²) in [6.07, 6.45) is 5.75. The van der Waals surface area contributed by atoms with Crippen molar-refractivity contribution >= 4 is 11.5 Å².